The van der Waals surface area contributed by atoms with Gasteiger partial charge in [0.2, 0.25) is 0 Å². The minimum Gasteiger partial charge on any atom is -0.396 e. The van der Waals surface area contributed by atoms with Crippen molar-refractivity contribution < 1.29 is 9.90 Å². The molecule has 0 aliphatic rings. The molecule has 0 aromatic heterocycles. The maximum absolute atomic E-state index is 12.3. The Bertz CT molecular complexity index is 424. The molecular weight excluding hydrogens is 240 g/mol. The zero-order chi connectivity index (χ0) is 14.5. The van der Waals surface area contributed by atoms with Crippen molar-refractivity contribution in [2.24, 2.45) is 5.41 Å². The van der Waals surface area contributed by atoms with E-state index in [9.17, 15) is 4.79 Å². The van der Waals surface area contributed by atoms with Gasteiger partial charge in [-0.25, -0.2) is 0 Å². The van der Waals surface area contributed by atoms with Gasteiger partial charge in [0.25, 0.3) is 5.91 Å². The first kappa shape index (κ1) is 15.5. The van der Waals surface area contributed by atoms with Crippen LogP contribution in [-0.2, 0) is 0 Å². The maximum atomic E-state index is 12.3. The number of para-hydroxylation sites is 1. The number of hydrogen-bond acceptors (Lipinski definition) is 3. The quantitative estimate of drug-likeness (QED) is 0.764. The molecule has 0 aliphatic heterocycles. The summed E-state index contributed by atoms with van der Waals surface area (Å²) in [5, 5.41) is 15.1. The smallest absolute Gasteiger partial charge is 0.253 e. The number of aliphatic hydroxyl groups is 1. The Hall–Kier alpha value is -1.55. The van der Waals surface area contributed by atoms with Gasteiger partial charge < -0.3 is 15.7 Å². The molecule has 0 aliphatic carbocycles. The molecule has 0 fully saturated rings. The number of amides is 1. The summed E-state index contributed by atoms with van der Waals surface area (Å²) in [5.41, 5.74) is 1.33. The second-order valence-electron chi connectivity index (χ2n) is 5.70. The van der Waals surface area contributed by atoms with Gasteiger partial charge in [-0.2, -0.15) is 0 Å². The molecule has 1 rings (SSSR count). The molecule has 3 N–H and O–H groups in total. The van der Waals surface area contributed by atoms with E-state index in [0.717, 1.165) is 5.69 Å². The third-order valence-corrected chi connectivity index (χ3v) is 3.21. The summed E-state index contributed by atoms with van der Waals surface area (Å²) >= 11 is 0. The molecule has 1 aromatic carbocycles. The van der Waals surface area contributed by atoms with Crippen LogP contribution in [0, 0.1) is 5.41 Å². The SMILES string of the molecule is CNc1ccccc1C(=O)NC(CCO)C(C)(C)C. The predicted octanol–water partition coefficient (Wildman–Crippen LogP) is 2.26. The number of benzene rings is 1. The summed E-state index contributed by atoms with van der Waals surface area (Å²) < 4.78 is 0. The van der Waals surface area contributed by atoms with Crippen LogP contribution in [0.25, 0.3) is 0 Å². The van der Waals surface area contributed by atoms with Crippen molar-refractivity contribution >= 4 is 11.6 Å². The number of nitrogens with one attached hydrogen (secondary N) is 2. The van der Waals surface area contributed by atoms with Crippen LogP contribution in [0.3, 0.4) is 0 Å². The number of rotatable bonds is 5. The van der Waals surface area contributed by atoms with E-state index in [2.05, 4.69) is 31.4 Å². The van der Waals surface area contributed by atoms with Crippen molar-refractivity contribution in [3.8, 4) is 0 Å². The Balaban J connectivity index is 2.88. The predicted molar refractivity (Wildman–Crippen MR) is 78.4 cm³/mol. The van der Waals surface area contributed by atoms with Crippen LogP contribution in [0.1, 0.15) is 37.6 Å². The first-order valence-electron chi connectivity index (χ1n) is 6.58. The van der Waals surface area contributed by atoms with Gasteiger partial charge in [-0.05, 0) is 24.0 Å². The molecule has 1 atom stereocenters. The van der Waals surface area contributed by atoms with Crippen molar-refractivity contribution in [3.63, 3.8) is 0 Å². The lowest BCUT2D eigenvalue weighted by molar-refractivity contribution is 0.0886. The van der Waals surface area contributed by atoms with Crippen LogP contribution in [0.4, 0.5) is 5.69 Å². The molecule has 4 nitrogen and oxygen atoms in total. The minimum absolute atomic E-state index is 0.0603. The first-order chi connectivity index (χ1) is 8.90. The lowest BCUT2D eigenvalue weighted by Gasteiger charge is -2.31. The highest BCUT2D eigenvalue weighted by Gasteiger charge is 2.26. The molecule has 106 valence electrons. The van der Waals surface area contributed by atoms with E-state index in [-0.39, 0.29) is 24.0 Å². The highest BCUT2D eigenvalue weighted by molar-refractivity contribution is 5.99. The van der Waals surface area contributed by atoms with Gasteiger partial charge in [0.05, 0.1) is 5.56 Å². The Kier molecular flexibility index (Phi) is 5.36. The summed E-state index contributed by atoms with van der Waals surface area (Å²) in [6, 6.07) is 7.33. The van der Waals surface area contributed by atoms with Crippen LogP contribution in [-0.4, -0.2) is 30.7 Å². The van der Waals surface area contributed by atoms with Gasteiger partial charge in [0.15, 0.2) is 0 Å². The van der Waals surface area contributed by atoms with Gasteiger partial charge in [-0.15, -0.1) is 0 Å². The third-order valence-electron chi connectivity index (χ3n) is 3.21. The highest BCUT2D eigenvalue weighted by Crippen LogP contribution is 2.23. The van der Waals surface area contributed by atoms with E-state index in [1.165, 1.54) is 0 Å². The molecular formula is C15H24N2O2. The number of carbonyl (C=O) groups is 1. The fourth-order valence-electron chi connectivity index (χ4n) is 1.99. The van der Waals surface area contributed by atoms with Gasteiger partial charge >= 0.3 is 0 Å². The van der Waals surface area contributed by atoms with E-state index in [1.54, 1.807) is 13.1 Å². The molecule has 0 spiro atoms. The fraction of sp³-hybridized carbons (Fsp3) is 0.533. The molecule has 1 unspecified atom stereocenters. The first-order valence-corrected chi connectivity index (χ1v) is 6.58. The Morgan fingerprint density at radius 1 is 1.32 bits per heavy atom. The van der Waals surface area contributed by atoms with E-state index in [0.29, 0.717) is 12.0 Å². The molecule has 19 heavy (non-hydrogen) atoms. The van der Waals surface area contributed by atoms with E-state index in [4.69, 9.17) is 5.11 Å². The average Bonchev–Trinajstić information content (AvgIpc) is 2.37. The summed E-state index contributed by atoms with van der Waals surface area (Å²) in [7, 11) is 1.79. The average molecular weight is 264 g/mol. The maximum Gasteiger partial charge on any atom is 0.253 e. The minimum atomic E-state index is -0.113. The lowest BCUT2D eigenvalue weighted by Crippen LogP contribution is -2.44. The molecule has 1 amide bonds. The number of anilines is 1. The molecule has 0 saturated heterocycles. The van der Waals surface area contributed by atoms with Crippen molar-refractivity contribution in [3.05, 3.63) is 29.8 Å². The summed E-state index contributed by atoms with van der Waals surface area (Å²) in [4.78, 5) is 12.3. The van der Waals surface area contributed by atoms with Crippen LogP contribution in [0.15, 0.2) is 24.3 Å². The molecule has 0 radical (unpaired) electrons. The van der Waals surface area contributed by atoms with Crippen molar-refractivity contribution in [2.75, 3.05) is 19.0 Å². The van der Waals surface area contributed by atoms with Crippen LogP contribution < -0.4 is 10.6 Å². The third kappa shape index (κ3) is 4.24. The van der Waals surface area contributed by atoms with Crippen molar-refractivity contribution in [2.45, 2.75) is 33.2 Å². The molecule has 0 saturated carbocycles. The van der Waals surface area contributed by atoms with Crippen LogP contribution >= 0.6 is 0 Å². The largest absolute Gasteiger partial charge is 0.396 e. The van der Waals surface area contributed by atoms with Crippen LogP contribution in [0.2, 0.25) is 0 Å². The topological polar surface area (TPSA) is 61.4 Å². The monoisotopic (exact) mass is 264 g/mol. The van der Waals surface area contributed by atoms with Gasteiger partial charge in [0, 0.05) is 25.4 Å². The zero-order valence-corrected chi connectivity index (χ0v) is 12.2. The number of carbonyl (C=O) groups excluding carboxylic acids is 1. The number of hydrogen-bond donors (Lipinski definition) is 3. The Morgan fingerprint density at radius 3 is 2.47 bits per heavy atom. The summed E-state index contributed by atoms with van der Waals surface area (Å²) in [6.07, 6.45) is 0.553. The summed E-state index contributed by atoms with van der Waals surface area (Å²) in [6.45, 7) is 6.22. The Labute approximate surface area is 115 Å². The summed E-state index contributed by atoms with van der Waals surface area (Å²) in [5.74, 6) is -0.113. The molecule has 4 heteroatoms. The highest BCUT2D eigenvalue weighted by atomic mass is 16.3. The molecule has 0 heterocycles. The van der Waals surface area contributed by atoms with E-state index >= 15 is 0 Å². The van der Waals surface area contributed by atoms with Crippen molar-refractivity contribution in [1.82, 2.24) is 5.32 Å². The van der Waals surface area contributed by atoms with Gasteiger partial charge in [0.1, 0.15) is 0 Å². The second kappa shape index (κ2) is 6.57. The van der Waals surface area contributed by atoms with E-state index in [1.807, 2.05) is 18.2 Å². The zero-order valence-electron chi connectivity index (χ0n) is 12.2. The normalized spacial score (nSPS) is 12.9. The Morgan fingerprint density at radius 2 is 1.95 bits per heavy atom. The second-order valence-corrected chi connectivity index (χ2v) is 5.70. The lowest BCUT2D eigenvalue weighted by atomic mass is 9.84. The van der Waals surface area contributed by atoms with Crippen molar-refractivity contribution in [1.29, 1.82) is 0 Å². The van der Waals surface area contributed by atoms with Gasteiger partial charge in [-0.1, -0.05) is 32.9 Å². The van der Waals surface area contributed by atoms with Crippen LogP contribution in [0.5, 0.6) is 0 Å². The molecule has 0 bridgehead atoms. The molecule has 1 aromatic rings. The fourth-order valence-corrected chi connectivity index (χ4v) is 1.99. The van der Waals surface area contributed by atoms with E-state index < -0.39 is 0 Å². The number of aliphatic hydroxyl groups excluding tert-OH is 1. The van der Waals surface area contributed by atoms with Gasteiger partial charge in [-0.3, -0.25) is 4.79 Å². The standard InChI is InChI=1S/C15H24N2O2/c1-15(2,3)13(9-10-18)17-14(19)11-7-5-6-8-12(11)16-4/h5-8,13,16,18H,9-10H2,1-4H3,(H,17,19).